The third-order valence-corrected chi connectivity index (χ3v) is 8.73. The highest BCUT2D eigenvalue weighted by molar-refractivity contribution is 6.96. The lowest BCUT2D eigenvalue weighted by Crippen LogP contribution is -2.48. The van der Waals surface area contributed by atoms with Crippen LogP contribution in [0.4, 0.5) is 0 Å². The van der Waals surface area contributed by atoms with E-state index in [1.165, 1.54) is 22.3 Å². The van der Waals surface area contributed by atoms with Gasteiger partial charge in [0.05, 0.1) is 0 Å². The lowest BCUT2D eigenvalue weighted by atomic mass is 10.1. The summed E-state index contributed by atoms with van der Waals surface area (Å²) in [6.07, 6.45) is 4.67. The van der Waals surface area contributed by atoms with Crippen molar-refractivity contribution in [2.45, 2.75) is 47.7 Å². The van der Waals surface area contributed by atoms with Gasteiger partial charge in [0.25, 0.3) is 0 Å². The Morgan fingerprint density at radius 1 is 0.947 bits per heavy atom. The highest BCUT2D eigenvalue weighted by Crippen LogP contribution is 2.33. The second-order valence-electron chi connectivity index (χ2n) is 6.64. The third-order valence-electron chi connectivity index (χ3n) is 4.49. The molecule has 0 amide bonds. The molecule has 0 spiro atoms. The minimum atomic E-state index is -1.57. The summed E-state index contributed by atoms with van der Waals surface area (Å²) >= 11 is 0. The Labute approximate surface area is 119 Å². The summed E-state index contributed by atoms with van der Waals surface area (Å²) in [5.74, 6) is 0.613. The maximum absolute atomic E-state index is 2.51. The van der Waals surface area contributed by atoms with E-state index < -0.39 is 8.07 Å². The SMILES string of the molecule is CC1=C([Si](C)(C)c2c(C)cc(C)cc2C)C(C)C=C1. The third kappa shape index (κ3) is 2.36. The van der Waals surface area contributed by atoms with Crippen LogP contribution in [0, 0.1) is 26.7 Å². The van der Waals surface area contributed by atoms with Gasteiger partial charge in [-0.05, 0) is 38.8 Å². The average Bonchev–Trinajstić information content (AvgIpc) is 2.56. The molecule has 0 nitrogen and oxygen atoms in total. The minimum Gasteiger partial charge on any atom is -0.0777 e. The molecule has 1 heteroatoms. The molecule has 1 unspecified atom stereocenters. The first-order valence-corrected chi connectivity index (χ1v) is 10.2. The Hall–Kier alpha value is -1.08. The molecule has 0 heterocycles. The van der Waals surface area contributed by atoms with E-state index in [9.17, 15) is 0 Å². The van der Waals surface area contributed by atoms with Crippen LogP contribution < -0.4 is 5.19 Å². The molecule has 0 fully saturated rings. The molecular weight excluding hydrogens is 244 g/mol. The molecule has 1 aliphatic rings. The molecule has 0 saturated carbocycles. The summed E-state index contributed by atoms with van der Waals surface area (Å²) < 4.78 is 0. The van der Waals surface area contributed by atoms with Gasteiger partial charge in [-0.25, -0.2) is 0 Å². The van der Waals surface area contributed by atoms with E-state index in [0.717, 1.165) is 0 Å². The minimum absolute atomic E-state index is 0.613. The number of hydrogen-bond donors (Lipinski definition) is 0. The molecule has 1 aliphatic carbocycles. The first-order valence-electron chi connectivity index (χ1n) is 7.23. The summed E-state index contributed by atoms with van der Waals surface area (Å²) in [6.45, 7) is 16.4. The van der Waals surface area contributed by atoms with Crippen LogP contribution >= 0.6 is 0 Å². The second-order valence-corrected chi connectivity index (χ2v) is 10.9. The van der Waals surface area contributed by atoms with Crippen LogP contribution in [0.2, 0.25) is 13.1 Å². The molecule has 19 heavy (non-hydrogen) atoms. The second kappa shape index (κ2) is 4.79. The van der Waals surface area contributed by atoms with Gasteiger partial charge in [-0.15, -0.1) is 0 Å². The number of aryl methyl sites for hydroxylation is 3. The molecular formula is C18H26Si. The first kappa shape index (κ1) is 14.3. The van der Waals surface area contributed by atoms with Crippen LogP contribution in [0.25, 0.3) is 0 Å². The molecule has 102 valence electrons. The van der Waals surface area contributed by atoms with E-state index in [0.29, 0.717) is 5.92 Å². The normalized spacial score (nSPS) is 19.4. The van der Waals surface area contributed by atoms with Crippen molar-refractivity contribution in [3.8, 4) is 0 Å². The van der Waals surface area contributed by atoms with Gasteiger partial charge in [-0.3, -0.25) is 0 Å². The Balaban J connectivity index is 2.61. The van der Waals surface area contributed by atoms with Crippen molar-refractivity contribution in [1.29, 1.82) is 0 Å². The van der Waals surface area contributed by atoms with Crippen molar-refractivity contribution in [3.63, 3.8) is 0 Å². The Morgan fingerprint density at radius 2 is 1.47 bits per heavy atom. The summed E-state index contributed by atoms with van der Waals surface area (Å²) in [5, 5.41) is 3.35. The van der Waals surface area contributed by atoms with E-state index >= 15 is 0 Å². The average molecular weight is 270 g/mol. The van der Waals surface area contributed by atoms with E-state index in [1.807, 2.05) is 0 Å². The maximum atomic E-state index is 2.51. The van der Waals surface area contributed by atoms with Crippen LogP contribution in [-0.2, 0) is 0 Å². The van der Waals surface area contributed by atoms with Crippen LogP contribution in [0.1, 0.15) is 30.5 Å². The molecule has 0 aliphatic heterocycles. The summed E-state index contributed by atoms with van der Waals surface area (Å²) in [6, 6.07) is 4.69. The fraction of sp³-hybridized carbons (Fsp3) is 0.444. The Morgan fingerprint density at radius 3 is 1.89 bits per heavy atom. The largest absolute Gasteiger partial charge is 0.109 e. The van der Waals surface area contributed by atoms with Crippen molar-refractivity contribution >= 4 is 13.3 Å². The Kier molecular flexibility index (Phi) is 3.61. The quantitative estimate of drug-likeness (QED) is 0.690. The molecule has 2 rings (SSSR count). The zero-order valence-corrected chi connectivity index (χ0v) is 14.4. The van der Waals surface area contributed by atoms with Crippen molar-refractivity contribution in [2.24, 2.45) is 5.92 Å². The van der Waals surface area contributed by atoms with Gasteiger partial charge in [0.2, 0.25) is 0 Å². The van der Waals surface area contributed by atoms with Crippen LogP contribution in [0.5, 0.6) is 0 Å². The monoisotopic (exact) mass is 270 g/mol. The van der Waals surface area contributed by atoms with Gasteiger partial charge in [0, 0.05) is 0 Å². The van der Waals surface area contributed by atoms with Crippen LogP contribution in [0.15, 0.2) is 35.1 Å². The van der Waals surface area contributed by atoms with E-state index in [-0.39, 0.29) is 0 Å². The predicted molar refractivity (Wildman–Crippen MR) is 88.8 cm³/mol. The van der Waals surface area contributed by atoms with Gasteiger partial charge < -0.3 is 0 Å². The van der Waals surface area contributed by atoms with Gasteiger partial charge in [-0.1, -0.05) is 71.8 Å². The number of benzene rings is 1. The van der Waals surface area contributed by atoms with Crippen LogP contribution in [0.3, 0.4) is 0 Å². The smallest absolute Gasteiger partial charge is 0.0777 e. The van der Waals surface area contributed by atoms with Crippen LogP contribution in [-0.4, -0.2) is 8.07 Å². The van der Waals surface area contributed by atoms with Crippen molar-refractivity contribution < 1.29 is 0 Å². The van der Waals surface area contributed by atoms with Gasteiger partial charge in [0.15, 0.2) is 0 Å². The van der Waals surface area contributed by atoms with Gasteiger partial charge in [-0.2, -0.15) is 0 Å². The molecule has 0 radical (unpaired) electrons. The summed E-state index contributed by atoms with van der Waals surface area (Å²) in [4.78, 5) is 0. The highest BCUT2D eigenvalue weighted by Gasteiger charge is 2.35. The fourth-order valence-electron chi connectivity index (χ4n) is 4.20. The zero-order chi connectivity index (χ0) is 14.4. The molecule has 1 aromatic carbocycles. The molecule has 0 aromatic heterocycles. The standard InChI is InChI=1S/C18H26Si/c1-12-10-15(4)18(16(5)11-12)19(6,7)17-13(2)8-9-14(17)3/h8-11,13H,1-7H3. The first-order chi connectivity index (χ1) is 8.75. The number of hydrogen-bond acceptors (Lipinski definition) is 0. The topological polar surface area (TPSA) is 0 Å². The molecule has 0 N–H and O–H groups in total. The number of allylic oxidation sites excluding steroid dienone is 4. The fourth-order valence-corrected chi connectivity index (χ4v) is 8.89. The molecule has 1 atom stereocenters. The molecule has 1 aromatic rings. The van der Waals surface area contributed by atoms with Crippen molar-refractivity contribution in [1.82, 2.24) is 0 Å². The molecule has 0 saturated heterocycles. The van der Waals surface area contributed by atoms with E-state index in [1.54, 1.807) is 10.4 Å². The Bertz CT molecular complexity index is 550. The summed E-state index contributed by atoms with van der Waals surface area (Å²) in [5.41, 5.74) is 5.84. The van der Waals surface area contributed by atoms with Crippen molar-refractivity contribution in [3.05, 3.63) is 51.7 Å². The van der Waals surface area contributed by atoms with E-state index in [2.05, 4.69) is 72.0 Å². The lowest BCUT2D eigenvalue weighted by molar-refractivity contribution is 0.920. The molecule has 0 bridgehead atoms. The highest BCUT2D eigenvalue weighted by atomic mass is 28.3. The predicted octanol–water partition coefficient (Wildman–Crippen LogP) is 4.59. The zero-order valence-electron chi connectivity index (χ0n) is 13.4. The number of rotatable bonds is 2. The van der Waals surface area contributed by atoms with Crippen molar-refractivity contribution in [2.75, 3.05) is 0 Å². The van der Waals surface area contributed by atoms with Gasteiger partial charge >= 0.3 is 0 Å². The lowest BCUT2D eigenvalue weighted by Gasteiger charge is -2.32. The van der Waals surface area contributed by atoms with Gasteiger partial charge in [0.1, 0.15) is 8.07 Å². The van der Waals surface area contributed by atoms with E-state index in [4.69, 9.17) is 0 Å². The maximum Gasteiger partial charge on any atom is 0.109 e. The summed E-state index contributed by atoms with van der Waals surface area (Å²) in [7, 11) is -1.57.